The highest BCUT2D eigenvalue weighted by Gasteiger charge is 2.11. The molecule has 1 N–H and O–H groups in total. The summed E-state index contributed by atoms with van der Waals surface area (Å²) in [5.74, 6) is 0. The van der Waals surface area contributed by atoms with E-state index in [2.05, 4.69) is 21.4 Å². The summed E-state index contributed by atoms with van der Waals surface area (Å²) < 4.78 is 1.70. The van der Waals surface area contributed by atoms with Crippen molar-refractivity contribution in [1.29, 1.82) is 0 Å². The van der Waals surface area contributed by atoms with Crippen LogP contribution in [0, 0.1) is 0 Å². The number of aryl methyl sites for hydroxylation is 1. The van der Waals surface area contributed by atoms with Crippen LogP contribution in [-0.2, 0) is 13.5 Å². The number of aromatic amines is 1. The number of thiophene rings is 1. The number of rotatable bonds is 2. The molecule has 0 atom stereocenters. The minimum absolute atomic E-state index is 0.121. The average Bonchev–Trinajstić information content (AvgIpc) is 2.90. The van der Waals surface area contributed by atoms with Gasteiger partial charge in [-0.3, -0.25) is 14.6 Å². The molecule has 0 aromatic carbocycles. The molecule has 0 bridgehead atoms. The molecular formula is C11H10N4OS. The zero-order chi connectivity index (χ0) is 11.8. The van der Waals surface area contributed by atoms with Crippen molar-refractivity contribution in [1.82, 2.24) is 20.0 Å². The fourth-order valence-corrected chi connectivity index (χ4v) is 2.64. The van der Waals surface area contributed by atoms with Gasteiger partial charge in [0.2, 0.25) is 0 Å². The first kappa shape index (κ1) is 10.2. The number of hydrogen-bond acceptors (Lipinski definition) is 4. The van der Waals surface area contributed by atoms with Gasteiger partial charge in [-0.1, -0.05) is 6.07 Å². The molecule has 17 heavy (non-hydrogen) atoms. The molecular weight excluding hydrogens is 236 g/mol. The van der Waals surface area contributed by atoms with Crippen LogP contribution in [0.4, 0.5) is 0 Å². The van der Waals surface area contributed by atoms with E-state index in [4.69, 9.17) is 0 Å². The van der Waals surface area contributed by atoms with E-state index in [1.807, 2.05) is 18.5 Å². The van der Waals surface area contributed by atoms with Gasteiger partial charge in [0.1, 0.15) is 0 Å². The van der Waals surface area contributed by atoms with E-state index in [1.165, 1.54) is 11.1 Å². The van der Waals surface area contributed by atoms with Gasteiger partial charge in [-0.25, -0.2) is 0 Å². The molecule has 0 fully saturated rings. The second kappa shape index (κ2) is 3.81. The minimum Gasteiger partial charge on any atom is -0.286 e. The van der Waals surface area contributed by atoms with E-state index in [0.29, 0.717) is 11.8 Å². The molecule has 3 aromatic rings. The topological polar surface area (TPSA) is 63.6 Å². The Kier molecular flexibility index (Phi) is 2.29. The lowest BCUT2D eigenvalue weighted by atomic mass is 10.2. The number of nitrogens with zero attached hydrogens (tertiary/aromatic N) is 3. The summed E-state index contributed by atoms with van der Waals surface area (Å²) in [6.45, 7) is 0. The Labute approximate surface area is 101 Å². The van der Waals surface area contributed by atoms with Crippen LogP contribution in [0.15, 0.2) is 28.5 Å². The zero-order valence-corrected chi connectivity index (χ0v) is 9.99. The van der Waals surface area contributed by atoms with Crippen molar-refractivity contribution in [2.24, 2.45) is 7.05 Å². The number of nitrogens with one attached hydrogen (secondary N) is 1. The SMILES string of the molecule is Cn1[nH]c(=O)c2cnnc(Cc3cccs3)c21. The van der Waals surface area contributed by atoms with Gasteiger partial charge in [0.15, 0.2) is 0 Å². The first-order chi connectivity index (χ1) is 8.25. The monoisotopic (exact) mass is 246 g/mol. The van der Waals surface area contributed by atoms with Gasteiger partial charge >= 0.3 is 0 Å². The molecule has 3 aromatic heterocycles. The van der Waals surface area contributed by atoms with Gasteiger partial charge in [-0.15, -0.1) is 11.3 Å². The van der Waals surface area contributed by atoms with Crippen molar-refractivity contribution in [3.05, 3.63) is 44.6 Å². The second-order valence-corrected chi connectivity index (χ2v) is 4.84. The molecule has 0 aliphatic rings. The summed E-state index contributed by atoms with van der Waals surface area (Å²) in [5.41, 5.74) is 1.54. The quantitative estimate of drug-likeness (QED) is 0.741. The van der Waals surface area contributed by atoms with Crippen molar-refractivity contribution < 1.29 is 0 Å². The first-order valence-corrected chi connectivity index (χ1v) is 6.05. The summed E-state index contributed by atoms with van der Waals surface area (Å²) in [5, 5.41) is 13.4. The molecule has 5 nitrogen and oxygen atoms in total. The Balaban J connectivity index is 2.19. The van der Waals surface area contributed by atoms with Gasteiger partial charge in [0.05, 0.1) is 22.8 Å². The molecule has 6 heteroatoms. The molecule has 0 saturated carbocycles. The molecule has 0 radical (unpaired) electrons. The molecule has 0 aliphatic carbocycles. The third kappa shape index (κ3) is 1.66. The highest BCUT2D eigenvalue weighted by Crippen LogP contribution is 2.18. The third-order valence-electron chi connectivity index (χ3n) is 2.66. The summed E-state index contributed by atoms with van der Waals surface area (Å²) in [4.78, 5) is 12.8. The van der Waals surface area contributed by atoms with Crippen molar-refractivity contribution in [3.63, 3.8) is 0 Å². The van der Waals surface area contributed by atoms with Crippen LogP contribution < -0.4 is 5.56 Å². The highest BCUT2D eigenvalue weighted by molar-refractivity contribution is 7.09. The predicted octanol–water partition coefficient (Wildman–Crippen LogP) is 1.31. The maximum absolute atomic E-state index is 11.6. The Morgan fingerprint density at radius 2 is 2.41 bits per heavy atom. The largest absolute Gasteiger partial charge is 0.286 e. The molecule has 0 spiro atoms. The van der Waals surface area contributed by atoms with Crippen LogP contribution in [0.2, 0.25) is 0 Å². The van der Waals surface area contributed by atoms with E-state index in [1.54, 1.807) is 16.0 Å². The van der Waals surface area contributed by atoms with Gasteiger partial charge in [-0.05, 0) is 11.4 Å². The number of aromatic nitrogens is 4. The lowest BCUT2D eigenvalue weighted by Gasteiger charge is -2.01. The van der Waals surface area contributed by atoms with Gasteiger partial charge in [-0.2, -0.15) is 10.2 Å². The van der Waals surface area contributed by atoms with Crippen LogP contribution in [0.25, 0.3) is 10.9 Å². The highest BCUT2D eigenvalue weighted by atomic mass is 32.1. The third-order valence-corrected chi connectivity index (χ3v) is 3.54. The van der Waals surface area contributed by atoms with Crippen molar-refractivity contribution in [3.8, 4) is 0 Å². The van der Waals surface area contributed by atoms with Crippen LogP contribution in [0.3, 0.4) is 0 Å². The molecule has 0 unspecified atom stereocenters. The Bertz CT molecular complexity index is 711. The van der Waals surface area contributed by atoms with Crippen molar-refractivity contribution in [2.75, 3.05) is 0 Å². The second-order valence-electron chi connectivity index (χ2n) is 3.81. The molecule has 0 amide bonds. The Hall–Kier alpha value is -1.95. The fraction of sp³-hybridized carbons (Fsp3) is 0.182. The summed E-state index contributed by atoms with van der Waals surface area (Å²) in [7, 11) is 1.81. The normalized spacial score (nSPS) is 11.1. The summed E-state index contributed by atoms with van der Waals surface area (Å²) >= 11 is 1.67. The Morgan fingerprint density at radius 1 is 1.53 bits per heavy atom. The van der Waals surface area contributed by atoms with Crippen molar-refractivity contribution in [2.45, 2.75) is 6.42 Å². The number of H-pyrrole nitrogens is 1. The molecule has 0 aliphatic heterocycles. The fourth-order valence-electron chi connectivity index (χ4n) is 1.93. The van der Waals surface area contributed by atoms with Gasteiger partial charge < -0.3 is 0 Å². The van der Waals surface area contributed by atoms with E-state index in [-0.39, 0.29) is 5.56 Å². The standard InChI is InChI=1S/C11H10N4OS/c1-15-10-8(11(16)14-15)6-12-13-9(10)5-7-3-2-4-17-7/h2-4,6H,5H2,1H3,(H,14,16). The number of hydrogen-bond donors (Lipinski definition) is 1. The molecule has 86 valence electrons. The lowest BCUT2D eigenvalue weighted by molar-refractivity contribution is 0.774. The molecule has 3 heterocycles. The minimum atomic E-state index is -0.121. The van der Waals surface area contributed by atoms with E-state index < -0.39 is 0 Å². The zero-order valence-electron chi connectivity index (χ0n) is 9.17. The molecule has 3 rings (SSSR count). The van der Waals surface area contributed by atoms with E-state index >= 15 is 0 Å². The van der Waals surface area contributed by atoms with E-state index in [9.17, 15) is 4.79 Å². The predicted molar refractivity (Wildman–Crippen MR) is 66.3 cm³/mol. The maximum atomic E-state index is 11.6. The number of fused-ring (bicyclic) bond motifs is 1. The average molecular weight is 246 g/mol. The maximum Gasteiger partial charge on any atom is 0.273 e. The summed E-state index contributed by atoms with van der Waals surface area (Å²) in [6, 6.07) is 4.06. The molecule has 0 saturated heterocycles. The van der Waals surface area contributed by atoms with Crippen LogP contribution >= 0.6 is 11.3 Å². The van der Waals surface area contributed by atoms with Crippen LogP contribution in [-0.4, -0.2) is 20.0 Å². The van der Waals surface area contributed by atoms with Crippen molar-refractivity contribution >= 4 is 22.2 Å². The smallest absolute Gasteiger partial charge is 0.273 e. The Morgan fingerprint density at radius 3 is 3.18 bits per heavy atom. The van der Waals surface area contributed by atoms with E-state index in [0.717, 1.165) is 11.2 Å². The lowest BCUT2D eigenvalue weighted by Crippen LogP contribution is -2.01. The first-order valence-electron chi connectivity index (χ1n) is 5.17. The van der Waals surface area contributed by atoms with Crippen LogP contribution in [0.5, 0.6) is 0 Å². The van der Waals surface area contributed by atoms with Gasteiger partial charge in [0.25, 0.3) is 5.56 Å². The van der Waals surface area contributed by atoms with Gasteiger partial charge in [0, 0.05) is 18.3 Å². The van der Waals surface area contributed by atoms with Crippen LogP contribution in [0.1, 0.15) is 10.6 Å². The summed E-state index contributed by atoms with van der Waals surface area (Å²) in [6.07, 6.45) is 2.21.